The molecule has 2 aliphatic rings. The van der Waals surface area contributed by atoms with Crippen LogP contribution < -0.4 is 26.5 Å². The molecule has 8 nitrogen and oxygen atoms in total. The second kappa shape index (κ2) is 8.19. The maximum absolute atomic E-state index is 12.6. The number of hydrogen-bond donors (Lipinski definition) is 4. The molecule has 6 N–H and O–H groups in total. The Hall–Kier alpha value is -2.33. The number of rotatable bonds is 5. The van der Waals surface area contributed by atoms with Gasteiger partial charge in [-0.25, -0.2) is 13.4 Å². The Morgan fingerprint density at radius 3 is 2.41 bits per heavy atom. The van der Waals surface area contributed by atoms with Gasteiger partial charge in [0.1, 0.15) is 0 Å². The van der Waals surface area contributed by atoms with Crippen molar-refractivity contribution in [3.8, 4) is 0 Å². The van der Waals surface area contributed by atoms with E-state index in [1.807, 2.05) is 24.3 Å². The van der Waals surface area contributed by atoms with Crippen molar-refractivity contribution in [3.63, 3.8) is 0 Å². The SMILES string of the molecule is Nc1cc2c(cc1N)N(Cc1ccc(S(=O)(=O)NN3CCNCC3)cc1)CCC2. The van der Waals surface area contributed by atoms with Gasteiger partial charge in [0, 0.05) is 45.0 Å². The molecule has 0 radical (unpaired) electrons. The average molecular weight is 417 g/mol. The first kappa shape index (κ1) is 20.0. The third kappa shape index (κ3) is 4.48. The molecule has 1 fully saturated rings. The van der Waals surface area contributed by atoms with E-state index >= 15 is 0 Å². The van der Waals surface area contributed by atoms with Crippen LogP contribution in [0.2, 0.25) is 0 Å². The fourth-order valence-electron chi connectivity index (χ4n) is 3.88. The smallest absolute Gasteiger partial charge is 0.253 e. The van der Waals surface area contributed by atoms with Crippen LogP contribution in [0.15, 0.2) is 41.3 Å². The largest absolute Gasteiger partial charge is 0.397 e. The molecular formula is C20H28N6O2S. The number of benzene rings is 2. The van der Waals surface area contributed by atoms with Crippen molar-refractivity contribution in [2.75, 3.05) is 49.1 Å². The molecule has 29 heavy (non-hydrogen) atoms. The Balaban J connectivity index is 1.47. The number of fused-ring (bicyclic) bond motifs is 1. The number of nitrogen functional groups attached to an aromatic ring is 2. The summed E-state index contributed by atoms with van der Waals surface area (Å²) in [7, 11) is -3.56. The Kier molecular flexibility index (Phi) is 5.64. The normalized spacial score (nSPS) is 17.9. The molecule has 9 heteroatoms. The van der Waals surface area contributed by atoms with E-state index in [9.17, 15) is 8.42 Å². The van der Waals surface area contributed by atoms with Crippen LogP contribution in [0.25, 0.3) is 0 Å². The third-order valence-corrected chi connectivity index (χ3v) is 6.86. The number of nitrogens with one attached hydrogen (secondary N) is 2. The van der Waals surface area contributed by atoms with Gasteiger partial charge in [0.05, 0.1) is 16.3 Å². The first-order chi connectivity index (χ1) is 13.9. The minimum absolute atomic E-state index is 0.274. The summed E-state index contributed by atoms with van der Waals surface area (Å²) in [6.45, 7) is 4.48. The minimum atomic E-state index is -3.56. The van der Waals surface area contributed by atoms with Crippen LogP contribution in [-0.4, -0.2) is 46.2 Å². The summed E-state index contributed by atoms with van der Waals surface area (Å²) in [5.41, 5.74) is 16.6. The summed E-state index contributed by atoms with van der Waals surface area (Å²) in [5, 5.41) is 4.94. The van der Waals surface area contributed by atoms with E-state index in [1.165, 1.54) is 5.56 Å². The highest BCUT2D eigenvalue weighted by Gasteiger charge is 2.21. The number of hydrazine groups is 1. The number of piperazine rings is 1. The molecule has 0 spiro atoms. The van der Waals surface area contributed by atoms with E-state index in [4.69, 9.17) is 11.5 Å². The Bertz CT molecular complexity index is 971. The molecule has 2 aliphatic heterocycles. The van der Waals surface area contributed by atoms with Crippen molar-refractivity contribution in [2.45, 2.75) is 24.3 Å². The zero-order valence-corrected chi connectivity index (χ0v) is 17.2. The van der Waals surface area contributed by atoms with Crippen molar-refractivity contribution in [1.82, 2.24) is 15.2 Å². The van der Waals surface area contributed by atoms with Gasteiger partial charge in [0.2, 0.25) is 0 Å². The number of nitrogens with zero attached hydrogens (tertiary/aromatic N) is 2. The predicted octanol–water partition coefficient (Wildman–Crippen LogP) is 0.902. The lowest BCUT2D eigenvalue weighted by atomic mass is 9.99. The fourth-order valence-corrected chi connectivity index (χ4v) is 5.00. The van der Waals surface area contributed by atoms with Crippen molar-refractivity contribution in [3.05, 3.63) is 47.5 Å². The van der Waals surface area contributed by atoms with E-state index in [0.717, 1.165) is 43.7 Å². The maximum atomic E-state index is 12.6. The van der Waals surface area contributed by atoms with Crippen LogP contribution >= 0.6 is 0 Å². The Morgan fingerprint density at radius 2 is 1.69 bits per heavy atom. The van der Waals surface area contributed by atoms with Gasteiger partial charge in [-0.2, -0.15) is 0 Å². The Labute approximate surface area is 171 Å². The van der Waals surface area contributed by atoms with Crippen LogP contribution in [-0.2, 0) is 23.0 Å². The highest BCUT2D eigenvalue weighted by Crippen LogP contribution is 2.33. The molecular weight excluding hydrogens is 388 g/mol. The summed E-state index contributed by atoms with van der Waals surface area (Å²) < 4.78 is 25.3. The zero-order chi connectivity index (χ0) is 20.4. The minimum Gasteiger partial charge on any atom is -0.397 e. The first-order valence-corrected chi connectivity index (χ1v) is 11.4. The topological polar surface area (TPSA) is 117 Å². The fraction of sp³-hybridized carbons (Fsp3) is 0.400. The van der Waals surface area contributed by atoms with Crippen LogP contribution in [0.5, 0.6) is 0 Å². The summed E-state index contributed by atoms with van der Waals surface area (Å²) in [5.74, 6) is 0. The molecule has 0 saturated carbocycles. The van der Waals surface area contributed by atoms with Crippen LogP contribution in [0.4, 0.5) is 17.1 Å². The lowest BCUT2D eigenvalue weighted by molar-refractivity contribution is 0.211. The van der Waals surface area contributed by atoms with E-state index in [-0.39, 0.29) is 4.90 Å². The lowest BCUT2D eigenvalue weighted by Gasteiger charge is -2.32. The van der Waals surface area contributed by atoms with Crippen LogP contribution in [0, 0.1) is 0 Å². The number of nitrogens with two attached hydrogens (primary N) is 2. The molecule has 0 atom stereocenters. The summed E-state index contributed by atoms with van der Waals surface area (Å²) in [6.07, 6.45) is 2.04. The van der Waals surface area contributed by atoms with Crippen molar-refractivity contribution in [1.29, 1.82) is 0 Å². The summed E-state index contributed by atoms with van der Waals surface area (Å²) in [6, 6.07) is 11.0. The monoisotopic (exact) mass is 416 g/mol. The average Bonchev–Trinajstić information content (AvgIpc) is 2.70. The maximum Gasteiger partial charge on any atom is 0.253 e. The molecule has 0 aliphatic carbocycles. The molecule has 0 aromatic heterocycles. The summed E-state index contributed by atoms with van der Waals surface area (Å²) >= 11 is 0. The second-order valence-corrected chi connectivity index (χ2v) is 9.27. The van der Waals surface area contributed by atoms with E-state index in [0.29, 0.717) is 31.0 Å². The number of sulfonamides is 1. The molecule has 2 aromatic carbocycles. The third-order valence-electron chi connectivity index (χ3n) is 5.47. The van der Waals surface area contributed by atoms with E-state index < -0.39 is 10.0 Å². The van der Waals surface area contributed by atoms with Gasteiger partial charge in [-0.1, -0.05) is 12.1 Å². The number of hydrogen-bond acceptors (Lipinski definition) is 7. The van der Waals surface area contributed by atoms with Crippen LogP contribution in [0.1, 0.15) is 17.5 Å². The molecule has 1 saturated heterocycles. The highest BCUT2D eigenvalue weighted by atomic mass is 32.2. The molecule has 2 aromatic rings. The molecule has 156 valence electrons. The summed E-state index contributed by atoms with van der Waals surface area (Å²) in [4.78, 5) is 5.22. The van der Waals surface area contributed by atoms with Gasteiger partial charge in [-0.15, -0.1) is 4.83 Å². The quantitative estimate of drug-likeness (QED) is 0.535. The predicted molar refractivity (Wildman–Crippen MR) is 116 cm³/mol. The van der Waals surface area contributed by atoms with Crippen molar-refractivity contribution < 1.29 is 8.42 Å². The van der Waals surface area contributed by atoms with E-state index in [2.05, 4.69) is 15.0 Å². The molecule has 2 heterocycles. The zero-order valence-electron chi connectivity index (χ0n) is 16.4. The van der Waals surface area contributed by atoms with E-state index in [1.54, 1.807) is 17.1 Å². The molecule has 4 rings (SSSR count). The molecule has 0 bridgehead atoms. The van der Waals surface area contributed by atoms with Gasteiger partial charge < -0.3 is 21.7 Å². The molecule has 0 unspecified atom stereocenters. The van der Waals surface area contributed by atoms with Crippen molar-refractivity contribution in [2.24, 2.45) is 0 Å². The highest BCUT2D eigenvalue weighted by molar-refractivity contribution is 7.89. The Morgan fingerprint density at radius 1 is 1.00 bits per heavy atom. The lowest BCUT2D eigenvalue weighted by Crippen LogP contribution is -2.52. The standard InChI is InChI=1S/C20H28N6O2S/c21-18-12-16-2-1-9-25(20(16)13-19(18)22)14-15-3-5-17(6-4-15)29(27,28)24-26-10-7-23-8-11-26/h3-6,12-13,23-24H,1-2,7-11,14,21-22H2. The van der Waals surface area contributed by atoms with Gasteiger partial charge in [0.25, 0.3) is 10.0 Å². The van der Waals surface area contributed by atoms with Crippen LogP contribution in [0.3, 0.4) is 0 Å². The number of anilines is 3. The van der Waals surface area contributed by atoms with Gasteiger partial charge >= 0.3 is 0 Å². The van der Waals surface area contributed by atoms with Crippen molar-refractivity contribution >= 4 is 27.1 Å². The van der Waals surface area contributed by atoms with Gasteiger partial charge in [0.15, 0.2) is 0 Å². The first-order valence-electron chi connectivity index (χ1n) is 9.92. The number of aryl methyl sites for hydroxylation is 1. The van der Waals surface area contributed by atoms with Gasteiger partial charge in [-0.05, 0) is 48.2 Å². The van der Waals surface area contributed by atoms with Gasteiger partial charge in [-0.3, -0.25) is 0 Å². The second-order valence-electron chi connectivity index (χ2n) is 7.61. The molecule has 0 amide bonds.